The van der Waals surface area contributed by atoms with Crippen LogP contribution in [0, 0.1) is 18.6 Å². The fourth-order valence-electron chi connectivity index (χ4n) is 3.18. The fourth-order valence-corrected chi connectivity index (χ4v) is 3.18. The number of ether oxygens (including phenoxy) is 1. The lowest BCUT2D eigenvalue weighted by Crippen LogP contribution is -2.34. The molecule has 0 N–H and O–H groups in total. The molecular weight excluding hydrogens is 318 g/mol. The van der Waals surface area contributed by atoms with Gasteiger partial charge in [-0.25, -0.2) is 8.78 Å². The molecule has 0 aromatic heterocycles. The van der Waals surface area contributed by atoms with Gasteiger partial charge in [-0.05, 0) is 49.4 Å². The highest BCUT2D eigenvalue weighted by molar-refractivity contribution is 5.65. The topological polar surface area (TPSA) is 9.23 Å². The van der Waals surface area contributed by atoms with Crippen LogP contribution in [0.5, 0.6) is 5.75 Å². The second-order valence-electron chi connectivity index (χ2n) is 6.23. The Labute approximate surface area is 145 Å². The van der Waals surface area contributed by atoms with E-state index in [1.807, 2.05) is 37.3 Å². The average molecular weight is 334 g/mol. The molecule has 0 atom stereocenters. The first-order valence-corrected chi connectivity index (χ1v) is 8.08. The zero-order valence-corrected chi connectivity index (χ0v) is 13.7. The van der Waals surface area contributed by atoms with E-state index in [-0.39, 0.29) is 11.6 Å². The molecule has 0 radical (unpaired) electrons. The van der Waals surface area contributed by atoms with Crippen molar-refractivity contribution in [1.29, 1.82) is 0 Å². The van der Waals surface area contributed by atoms with Gasteiger partial charge in [-0.3, -0.25) is 0 Å². The first-order valence-electron chi connectivity index (χ1n) is 8.08. The molecule has 0 saturated carbocycles. The Balaban J connectivity index is 1.90. The molecule has 3 aromatic rings. The summed E-state index contributed by atoms with van der Waals surface area (Å²) in [5, 5.41) is 0. The molecule has 0 aliphatic carbocycles. The van der Waals surface area contributed by atoms with E-state index in [1.165, 1.54) is 24.3 Å². The average Bonchev–Trinajstić information content (AvgIpc) is 2.62. The lowest BCUT2D eigenvalue weighted by molar-refractivity contribution is 0.161. The van der Waals surface area contributed by atoms with Crippen LogP contribution < -0.4 is 4.74 Å². The molecule has 0 amide bonds. The monoisotopic (exact) mass is 334 g/mol. The second-order valence-corrected chi connectivity index (χ2v) is 6.23. The fraction of sp³-hybridized carbons (Fsp3) is 0.0909. The third-order valence-electron chi connectivity index (χ3n) is 4.48. The molecule has 1 nitrogen and oxygen atoms in total. The Morgan fingerprint density at radius 1 is 0.760 bits per heavy atom. The normalized spacial score (nSPS) is 14.7. The quantitative estimate of drug-likeness (QED) is 0.591. The highest BCUT2D eigenvalue weighted by atomic mass is 19.1. The summed E-state index contributed by atoms with van der Waals surface area (Å²) in [4.78, 5) is 0. The van der Waals surface area contributed by atoms with Crippen molar-refractivity contribution in [3.8, 4) is 5.75 Å². The number of fused-ring (bicyclic) bond motifs is 1. The molecule has 3 heteroatoms. The third kappa shape index (κ3) is 2.72. The smallest absolute Gasteiger partial charge is 0.178 e. The zero-order chi connectivity index (χ0) is 17.4. The summed E-state index contributed by atoms with van der Waals surface area (Å²) in [6.45, 7) is 2.02. The molecule has 0 saturated heterocycles. The number of benzene rings is 3. The Hall–Kier alpha value is -2.94. The summed E-state index contributed by atoms with van der Waals surface area (Å²) in [7, 11) is 0. The molecule has 1 aliphatic heterocycles. The summed E-state index contributed by atoms with van der Waals surface area (Å²) < 4.78 is 33.2. The second kappa shape index (κ2) is 5.85. The van der Waals surface area contributed by atoms with Crippen molar-refractivity contribution in [2.75, 3.05) is 0 Å². The van der Waals surface area contributed by atoms with Crippen LogP contribution in [0.2, 0.25) is 0 Å². The molecule has 1 heterocycles. The van der Waals surface area contributed by atoms with Crippen LogP contribution >= 0.6 is 0 Å². The van der Waals surface area contributed by atoms with Crippen LogP contribution in [0.25, 0.3) is 6.08 Å². The van der Waals surface area contributed by atoms with E-state index in [0.29, 0.717) is 0 Å². The standard InChI is InChI=1S/C22H16F2O/c1-15-2-11-21-16(14-15)12-13-22(25-21,17-3-7-19(23)8-4-17)18-5-9-20(24)10-6-18/h2-14H,1H3. The molecule has 4 rings (SSSR count). The third-order valence-corrected chi connectivity index (χ3v) is 4.48. The number of halogens is 2. The molecule has 124 valence electrons. The lowest BCUT2D eigenvalue weighted by atomic mass is 9.83. The molecule has 3 aromatic carbocycles. The minimum Gasteiger partial charge on any atom is -0.473 e. The van der Waals surface area contributed by atoms with Crippen molar-refractivity contribution in [3.05, 3.63) is 107 Å². The minimum atomic E-state index is -0.927. The van der Waals surface area contributed by atoms with Crippen LogP contribution in [0.3, 0.4) is 0 Å². The van der Waals surface area contributed by atoms with Gasteiger partial charge in [-0.1, -0.05) is 42.0 Å². The molecule has 0 unspecified atom stereocenters. The first-order chi connectivity index (χ1) is 12.1. The predicted octanol–water partition coefficient (Wildman–Crippen LogP) is 5.62. The van der Waals surface area contributed by atoms with Gasteiger partial charge in [-0.15, -0.1) is 0 Å². The van der Waals surface area contributed by atoms with Crippen LogP contribution in [0.1, 0.15) is 22.3 Å². The predicted molar refractivity (Wildman–Crippen MR) is 94.4 cm³/mol. The molecule has 25 heavy (non-hydrogen) atoms. The zero-order valence-electron chi connectivity index (χ0n) is 13.7. The maximum Gasteiger partial charge on any atom is 0.178 e. The van der Waals surface area contributed by atoms with Crippen molar-refractivity contribution in [2.24, 2.45) is 0 Å². The van der Waals surface area contributed by atoms with Gasteiger partial charge in [-0.2, -0.15) is 0 Å². The van der Waals surface area contributed by atoms with Crippen LogP contribution in [0.4, 0.5) is 8.78 Å². The molecule has 1 aliphatic rings. The molecule has 0 fully saturated rings. The van der Waals surface area contributed by atoms with E-state index in [1.54, 1.807) is 24.3 Å². The van der Waals surface area contributed by atoms with Gasteiger partial charge in [0.1, 0.15) is 17.4 Å². The maximum absolute atomic E-state index is 13.4. The summed E-state index contributed by atoms with van der Waals surface area (Å²) in [5.74, 6) is 0.115. The van der Waals surface area contributed by atoms with Gasteiger partial charge in [0.05, 0.1) is 0 Å². The first kappa shape index (κ1) is 15.6. The number of rotatable bonds is 2. The molecule has 0 spiro atoms. The Morgan fingerprint density at radius 3 is 1.88 bits per heavy atom. The molecule has 0 bridgehead atoms. The van der Waals surface area contributed by atoms with E-state index < -0.39 is 5.60 Å². The van der Waals surface area contributed by atoms with Crippen molar-refractivity contribution < 1.29 is 13.5 Å². The largest absolute Gasteiger partial charge is 0.473 e. The highest BCUT2D eigenvalue weighted by Gasteiger charge is 2.37. The van der Waals surface area contributed by atoms with E-state index >= 15 is 0 Å². The van der Waals surface area contributed by atoms with E-state index in [9.17, 15) is 8.78 Å². The van der Waals surface area contributed by atoms with Gasteiger partial charge >= 0.3 is 0 Å². The van der Waals surface area contributed by atoms with Crippen molar-refractivity contribution in [3.63, 3.8) is 0 Å². The van der Waals surface area contributed by atoms with Crippen molar-refractivity contribution >= 4 is 6.08 Å². The SMILES string of the molecule is Cc1ccc2c(c1)C=CC(c1ccc(F)cc1)(c1ccc(F)cc1)O2. The summed E-state index contributed by atoms with van der Waals surface area (Å²) in [6.07, 6.45) is 3.94. The van der Waals surface area contributed by atoms with Gasteiger partial charge in [0.25, 0.3) is 0 Å². The van der Waals surface area contributed by atoms with E-state index in [0.717, 1.165) is 28.0 Å². The summed E-state index contributed by atoms with van der Waals surface area (Å²) >= 11 is 0. The number of aryl methyl sites for hydroxylation is 1. The Kier molecular flexibility index (Phi) is 3.65. The van der Waals surface area contributed by atoms with Gasteiger partial charge in [0, 0.05) is 16.7 Å². The molecular formula is C22H16F2O. The van der Waals surface area contributed by atoms with E-state index in [4.69, 9.17) is 4.74 Å². The van der Waals surface area contributed by atoms with E-state index in [2.05, 4.69) is 0 Å². The number of hydrogen-bond donors (Lipinski definition) is 0. The van der Waals surface area contributed by atoms with Crippen LogP contribution in [0.15, 0.2) is 72.8 Å². The Morgan fingerprint density at radius 2 is 1.32 bits per heavy atom. The van der Waals surface area contributed by atoms with Crippen LogP contribution in [-0.2, 0) is 5.60 Å². The number of hydrogen-bond acceptors (Lipinski definition) is 1. The van der Waals surface area contributed by atoms with Crippen molar-refractivity contribution in [2.45, 2.75) is 12.5 Å². The minimum absolute atomic E-state index is 0.311. The highest BCUT2D eigenvalue weighted by Crippen LogP contribution is 2.42. The van der Waals surface area contributed by atoms with Crippen LogP contribution in [-0.4, -0.2) is 0 Å². The maximum atomic E-state index is 13.4. The van der Waals surface area contributed by atoms with Crippen molar-refractivity contribution in [1.82, 2.24) is 0 Å². The van der Waals surface area contributed by atoms with Gasteiger partial charge in [0.15, 0.2) is 5.60 Å². The van der Waals surface area contributed by atoms with Gasteiger partial charge in [0.2, 0.25) is 0 Å². The Bertz CT molecular complexity index is 895. The van der Waals surface area contributed by atoms with Gasteiger partial charge < -0.3 is 4.74 Å². The summed E-state index contributed by atoms with van der Waals surface area (Å²) in [6, 6.07) is 18.4. The summed E-state index contributed by atoms with van der Waals surface area (Å²) in [5.41, 5.74) is 2.76. The lowest BCUT2D eigenvalue weighted by Gasteiger charge is -2.36.